The van der Waals surface area contributed by atoms with Crippen molar-refractivity contribution in [3.8, 4) is 0 Å². The van der Waals surface area contributed by atoms with Gasteiger partial charge in [0.25, 0.3) is 5.60 Å². The topological polar surface area (TPSA) is 91.4 Å². The summed E-state index contributed by atoms with van der Waals surface area (Å²) in [6, 6.07) is 5.14. The van der Waals surface area contributed by atoms with Crippen molar-refractivity contribution in [3.63, 3.8) is 0 Å². The van der Waals surface area contributed by atoms with Gasteiger partial charge in [0.15, 0.2) is 0 Å². The molecule has 1 aromatic carbocycles. The molecule has 1 aromatic rings. The predicted molar refractivity (Wildman–Crippen MR) is 109 cm³/mol. The number of rotatable bonds is 8. The maximum atomic E-state index is 14.1. The molecule has 1 unspecified atom stereocenters. The number of alkyl halides is 3. The van der Waals surface area contributed by atoms with Crippen molar-refractivity contribution in [2.75, 3.05) is 26.9 Å². The largest absolute Gasteiger partial charge is 0.464 e. The molecule has 0 saturated carbocycles. The number of halogens is 3. The lowest BCUT2D eigenvalue weighted by Crippen LogP contribution is -2.56. The van der Waals surface area contributed by atoms with Gasteiger partial charge in [-0.25, -0.2) is 9.59 Å². The molecule has 184 valence electrons. The Labute approximate surface area is 189 Å². The molecule has 0 N–H and O–H groups in total. The first-order valence-electron chi connectivity index (χ1n) is 10.5. The number of hydrogen-bond acceptors (Lipinski definition) is 7. The summed E-state index contributed by atoms with van der Waals surface area (Å²) in [6.45, 7) is 2.28. The lowest BCUT2D eigenvalue weighted by Gasteiger charge is -2.41. The second kappa shape index (κ2) is 11.4. The third-order valence-electron chi connectivity index (χ3n) is 5.40. The molecule has 0 aromatic heterocycles. The Kier molecular flexibility index (Phi) is 9.09. The standard InChI is InChI=1S/C22H28F3NO7/c1-4-31-20(29)26-17(13-32-15(2)27)11-8-12-18(26)14-33-19(28)21(30-3,22(23,24)25)16-9-6-5-7-10-16/h5-7,9-10,17-18H,4,8,11-14H2,1-3H3/t17-,18+,21?/m1/s1. The van der Waals surface area contributed by atoms with Crippen LogP contribution >= 0.6 is 0 Å². The quantitative estimate of drug-likeness (QED) is 0.419. The number of carbonyl (C=O) groups excluding carboxylic acids is 3. The van der Waals surface area contributed by atoms with Gasteiger partial charge in [0, 0.05) is 19.6 Å². The minimum atomic E-state index is -5.11. The molecule has 1 fully saturated rings. The average molecular weight is 475 g/mol. The average Bonchev–Trinajstić information content (AvgIpc) is 2.77. The monoisotopic (exact) mass is 475 g/mol. The second-order valence-corrected chi connectivity index (χ2v) is 7.49. The number of esters is 2. The number of methoxy groups -OCH3 is 1. The molecule has 1 saturated heterocycles. The highest BCUT2D eigenvalue weighted by atomic mass is 19.4. The molecule has 0 aliphatic carbocycles. The van der Waals surface area contributed by atoms with Crippen molar-refractivity contribution in [1.82, 2.24) is 4.90 Å². The van der Waals surface area contributed by atoms with E-state index in [0.717, 1.165) is 19.2 Å². The van der Waals surface area contributed by atoms with E-state index in [1.165, 1.54) is 30.0 Å². The number of nitrogens with zero attached hydrogens (tertiary/aromatic N) is 1. The van der Waals surface area contributed by atoms with Gasteiger partial charge in [0.05, 0.1) is 18.7 Å². The minimum Gasteiger partial charge on any atom is -0.464 e. The summed E-state index contributed by atoms with van der Waals surface area (Å²) in [7, 11) is 0.780. The Hall–Kier alpha value is -2.82. The van der Waals surface area contributed by atoms with Crippen LogP contribution in [-0.4, -0.2) is 68.1 Å². The Morgan fingerprint density at radius 1 is 1.00 bits per heavy atom. The summed E-state index contributed by atoms with van der Waals surface area (Å²) in [5.41, 5.74) is -3.75. The summed E-state index contributed by atoms with van der Waals surface area (Å²) < 4.78 is 62.1. The maximum Gasteiger partial charge on any atom is 0.432 e. The molecule has 8 nitrogen and oxygen atoms in total. The van der Waals surface area contributed by atoms with E-state index >= 15 is 0 Å². The molecule has 11 heteroatoms. The Morgan fingerprint density at radius 2 is 1.58 bits per heavy atom. The van der Waals surface area contributed by atoms with Crippen LogP contribution in [0.1, 0.15) is 38.7 Å². The fraction of sp³-hybridized carbons (Fsp3) is 0.591. The van der Waals surface area contributed by atoms with Gasteiger partial charge in [-0.1, -0.05) is 30.3 Å². The third-order valence-corrected chi connectivity index (χ3v) is 5.40. The maximum absolute atomic E-state index is 14.1. The van der Waals surface area contributed by atoms with Crippen LogP contribution in [0.15, 0.2) is 30.3 Å². The first-order chi connectivity index (χ1) is 15.6. The SMILES string of the molecule is CCOC(=O)N1[C@@H](COC(C)=O)CCC[C@H]1COC(=O)C(OC)(c1ccccc1)C(F)(F)F. The molecule has 33 heavy (non-hydrogen) atoms. The number of likely N-dealkylation sites (tertiary alicyclic amines) is 1. The van der Waals surface area contributed by atoms with Crippen molar-refractivity contribution in [2.45, 2.75) is 57.0 Å². The highest BCUT2D eigenvalue weighted by Gasteiger charge is 2.64. The van der Waals surface area contributed by atoms with Gasteiger partial charge < -0.3 is 18.9 Å². The van der Waals surface area contributed by atoms with Crippen molar-refractivity contribution >= 4 is 18.0 Å². The van der Waals surface area contributed by atoms with Crippen LogP contribution in [0.3, 0.4) is 0 Å². The smallest absolute Gasteiger partial charge is 0.432 e. The highest BCUT2D eigenvalue weighted by Crippen LogP contribution is 2.43. The Balaban J connectivity index is 2.26. The summed E-state index contributed by atoms with van der Waals surface area (Å²) in [4.78, 5) is 37.9. The van der Waals surface area contributed by atoms with E-state index in [4.69, 9.17) is 18.9 Å². The van der Waals surface area contributed by atoms with E-state index in [0.29, 0.717) is 19.3 Å². The van der Waals surface area contributed by atoms with Crippen LogP contribution in [0.2, 0.25) is 0 Å². The van der Waals surface area contributed by atoms with E-state index in [1.54, 1.807) is 6.92 Å². The van der Waals surface area contributed by atoms with Crippen molar-refractivity contribution in [1.29, 1.82) is 0 Å². The van der Waals surface area contributed by atoms with Crippen molar-refractivity contribution in [3.05, 3.63) is 35.9 Å². The lowest BCUT2D eigenvalue weighted by molar-refractivity contribution is -0.276. The normalized spacial score (nSPS) is 20.5. The number of ether oxygens (including phenoxy) is 4. The van der Waals surface area contributed by atoms with Crippen LogP contribution in [-0.2, 0) is 34.1 Å². The van der Waals surface area contributed by atoms with Crippen molar-refractivity contribution in [2.24, 2.45) is 0 Å². The Bertz CT molecular complexity index is 818. The summed E-state index contributed by atoms with van der Waals surface area (Å²) in [5, 5.41) is 0. The second-order valence-electron chi connectivity index (χ2n) is 7.49. The summed E-state index contributed by atoms with van der Waals surface area (Å²) in [5.74, 6) is -2.18. The third kappa shape index (κ3) is 5.95. The zero-order valence-electron chi connectivity index (χ0n) is 18.7. The molecule has 0 radical (unpaired) electrons. The molecule has 0 bridgehead atoms. The number of piperidine rings is 1. The highest BCUT2D eigenvalue weighted by molar-refractivity contribution is 5.82. The van der Waals surface area contributed by atoms with Crippen LogP contribution in [0.4, 0.5) is 18.0 Å². The molecule has 1 amide bonds. The molecule has 0 spiro atoms. The van der Waals surface area contributed by atoms with Crippen LogP contribution < -0.4 is 0 Å². The van der Waals surface area contributed by atoms with Gasteiger partial charge in [0.1, 0.15) is 13.2 Å². The van der Waals surface area contributed by atoms with Crippen LogP contribution in [0.5, 0.6) is 0 Å². The van der Waals surface area contributed by atoms with Gasteiger partial charge in [-0.15, -0.1) is 0 Å². The number of carbonyl (C=O) groups is 3. The van der Waals surface area contributed by atoms with E-state index in [2.05, 4.69) is 0 Å². The van der Waals surface area contributed by atoms with E-state index in [-0.39, 0.29) is 13.2 Å². The lowest BCUT2D eigenvalue weighted by atomic mass is 9.92. The van der Waals surface area contributed by atoms with Gasteiger partial charge in [-0.3, -0.25) is 9.69 Å². The zero-order valence-corrected chi connectivity index (χ0v) is 18.7. The molecular weight excluding hydrogens is 447 g/mol. The molecule has 1 aliphatic rings. The molecular formula is C22H28F3NO7. The van der Waals surface area contributed by atoms with Gasteiger partial charge in [-0.05, 0) is 26.2 Å². The number of hydrogen-bond donors (Lipinski definition) is 0. The Morgan fingerprint density at radius 3 is 2.06 bits per heavy atom. The van der Waals surface area contributed by atoms with E-state index in [9.17, 15) is 27.6 Å². The van der Waals surface area contributed by atoms with Gasteiger partial charge in [-0.2, -0.15) is 13.2 Å². The fourth-order valence-electron chi connectivity index (χ4n) is 3.86. The number of benzene rings is 1. The zero-order chi connectivity index (χ0) is 24.6. The fourth-order valence-corrected chi connectivity index (χ4v) is 3.86. The number of amides is 1. The van der Waals surface area contributed by atoms with Crippen LogP contribution in [0.25, 0.3) is 0 Å². The van der Waals surface area contributed by atoms with Crippen LogP contribution in [0, 0.1) is 0 Å². The van der Waals surface area contributed by atoms with E-state index < -0.39 is 54.1 Å². The van der Waals surface area contributed by atoms with Gasteiger partial charge >= 0.3 is 24.2 Å². The summed E-state index contributed by atoms with van der Waals surface area (Å²) in [6.07, 6.45) is -4.40. The first-order valence-corrected chi connectivity index (χ1v) is 10.5. The van der Waals surface area contributed by atoms with Crippen molar-refractivity contribution < 1.29 is 46.5 Å². The molecule has 1 aliphatic heterocycles. The predicted octanol–water partition coefficient (Wildman–Crippen LogP) is 3.58. The molecule has 2 rings (SSSR count). The molecule has 1 heterocycles. The summed E-state index contributed by atoms with van der Waals surface area (Å²) >= 11 is 0. The molecule has 3 atom stereocenters. The first kappa shape index (κ1) is 26.4. The minimum absolute atomic E-state index is 0.0665. The van der Waals surface area contributed by atoms with Gasteiger partial charge in [0.2, 0.25) is 0 Å². The van der Waals surface area contributed by atoms with E-state index in [1.807, 2.05) is 0 Å².